The Balaban J connectivity index is 2.78. The highest BCUT2D eigenvalue weighted by Gasteiger charge is 2.22. The van der Waals surface area contributed by atoms with Crippen molar-refractivity contribution in [3.8, 4) is 11.1 Å². The van der Waals surface area contributed by atoms with Gasteiger partial charge in [-0.2, -0.15) is 0 Å². The number of rotatable bonds is 2. The lowest BCUT2D eigenvalue weighted by Crippen LogP contribution is -2.16. The summed E-state index contributed by atoms with van der Waals surface area (Å²) in [5, 5.41) is 0. The Kier molecular flexibility index (Phi) is 3.06. The van der Waals surface area contributed by atoms with Gasteiger partial charge in [0.1, 0.15) is 0 Å². The van der Waals surface area contributed by atoms with Crippen LogP contribution in [0.1, 0.15) is 10.4 Å². The number of halogens is 3. The average Bonchev–Trinajstić information content (AvgIpc) is 2.36. The maximum atomic E-state index is 13.5. The zero-order valence-corrected chi connectivity index (χ0v) is 9.08. The van der Waals surface area contributed by atoms with Gasteiger partial charge in [-0.25, -0.2) is 13.2 Å². The molecule has 1 amide bonds. The fourth-order valence-electron chi connectivity index (χ4n) is 1.68. The second-order valence-electron chi connectivity index (χ2n) is 3.64. The van der Waals surface area contributed by atoms with E-state index in [9.17, 15) is 18.0 Å². The van der Waals surface area contributed by atoms with Gasteiger partial charge in [-0.3, -0.25) is 4.79 Å². The van der Waals surface area contributed by atoms with E-state index in [-0.39, 0.29) is 5.56 Å². The molecule has 18 heavy (non-hydrogen) atoms. The molecule has 0 aliphatic carbocycles. The Morgan fingerprint density at radius 1 is 1.00 bits per heavy atom. The van der Waals surface area contributed by atoms with Gasteiger partial charge in [0.15, 0.2) is 17.5 Å². The molecule has 5 heteroatoms. The lowest BCUT2D eigenvalue weighted by molar-refractivity contribution is 0.0996. The summed E-state index contributed by atoms with van der Waals surface area (Å²) < 4.78 is 39.8. The van der Waals surface area contributed by atoms with Crippen LogP contribution in [0.4, 0.5) is 13.2 Å². The van der Waals surface area contributed by atoms with Crippen molar-refractivity contribution in [2.75, 3.05) is 0 Å². The van der Waals surface area contributed by atoms with E-state index in [2.05, 4.69) is 0 Å². The maximum Gasteiger partial charge on any atom is 0.252 e. The minimum Gasteiger partial charge on any atom is -0.365 e. The van der Waals surface area contributed by atoms with Crippen LogP contribution in [0.3, 0.4) is 0 Å². The Labute approximate surface area is 101 Å². The number of carbonyl (C=O) groups excluding carboxylic acids is 1. The zero-order valence-electron chi connectivity index (χ0n) is 9.08. The number of hydrogen-bond acceptors (Lipinski definition) is 1. The highest BCUT2D eigenvalue weighted by Crippen LogP contribution is 2.28. The summed E-state index contributed by atoms with van der Waals surface area (Å²) in [5.74, 6) is -5.79. The van der Waals surface area contributed by atoms with E-state index < -0.39 is 28.9 Å². The van der Waals surface area contributed by atoms with Crippen LogP contribution < -0.4 is 5.73 Å². The molecule has 0 fully saturated rings. The van der Waals surface area contributed by atoms with Crippen LogP contribution in [0.5, 0.6) is 0 Å². The summed E-state index contributed by atoms with van der Waals surface area (Å²) in [6.45, 7) is 0. The molecule has 0 aromatic heterocycles. The number of carbonyl (C=O) groups is 1. The van der Waals surface area contributed by atoms with Crippen LogP contribution in [0.25, 0.3) is 11.1 Å². The third-order valence-corrected chi connectivity index (χ3v) is 2.49. The molecule has 92 valence electrons. The standard InChI is InChI=1S/C13H8F3NO/c14-9-6-8(7-4-2-1-3-5-7)10(13(17)18)12(16)11(9)15/h1-6H,(H2,17,18). The summed E-state index contributed by atoms with van der Waals surface area (Å²) >= 11 is 0. The first kappa shape index (κ1) is 12.2. The SMILES string of the molecule is NC(=O)c1c(-c2ccccc2)cc(F)c(F)c1F. The third kappa shape index (κ3) is 1.95. The van der Waals surface area contributed by atoms with Crippen LogP contribution in [-0.4, -0.2) is 5.91 Å². The monoisotopic (exact) mass is 251 g/mol. The fourth-order valence-corrected chi connectivity index (χ4v) is 1.68. The second-order valence-corrected chi connectivity index (χ2v) is 3.64. The summed E-state index contributed by atoms with van der Waals surface area (Å²) in [5.41, 5.74) is 4.66. The van der Waals surface area contributed by atoms with Crippen molar-refractivity contribution in [3.05, 3.63) is 59.4 Å². The molecule has 2 nitrogen and oxygen atoms in total. The van der Waals surface area contributed by atoms with Crippen LogP contribution in [-0.2, 0) is 0 Å². The summed E-state index contributed by atoms with van der Waals surface area (Å²) in [6.07, 6.45) is 0. The molecule has 0 bridgehead atoms. The molecule has 0 unspecified atom stereocenters. The van der Waals surface area contributed by atoms with Crippen molar-refractivity contribution in [3.63, 3.8) is 0 Å². The molecule has 0 aliphatic heterocycles. The molecule has 0 radical (unpaired) electrons. The zero-order chi connectivity index (χ0) is 13.3. The molecule has 0 atom stereocenters. The predicted octanol–water partition coefficient (Wildman–Crippen LogP) is 2.87. The van der Waals surface area contributed by atoms with Gasteiger partial charge in [-0.15, -0.1) is 0 Å². The van der Waals surface area contributed by atoms with Crippen LogP contribution in [0.15, 0.2) is 36.4 Å². The lowest BCUT2D eigenvalue weighted by atomic mass is 9.98. The van der Waals surface area contributed by atoms with Crippen molar-refractivity contribution >= 4 is 5.91 Å². The molecule has 0 saturated carbocycles. The van der Waals surface area contributed by atoms with Crippen molar-refractivity contribution in [2.45, 2.75) is 0 Å². The highest BCUT2D eigenvalue weighted by molar-refractivity contribution is 6.00. The normalized spacial score (nSPS) is 10.4. The minimum atomic E-state index is -1.71. The van der Waals surface area contributed by atoms with Gasteiger partial charge in [0.2, 0.25) is 0 Å². The number of hydrogen-bond donors (Lipinski definition) is 1. The van der Waals surface area contributed by atoms with E-state index >= 15 is 0 Å². The van der Waals surface area contributed by atoms with Crippen LogP contribution >= 0.6 is 0 Å². The van der Waals surface area contributed by atoms with Crippen molar-refractivity contribution in [1.29, 1.82) is 0 Å². The summed E-state index contributed by atoms with van der Waals surface area (Å²) in [7, 11) is 0. The van der Waals surface area contributed by atoms with E-state index in [1.54, 1.807) is 30.3 Å². The van der Waals surface area contributed by atoms with Gasteiger partial charge < -0.3 is 5.73 Å². The molecule has 2 N–H and O–H groups in total. The molecule has 2 aromatic carbocycles. The third-order valence-electron chi connectivity index (χ3n) is 2.49. The van der Waals surface area contributed by atoms with E-state index in [1.165, 1.54) is 0 Å². The molecular weight excluding hydrogens is 243 g/mol. The Morgan fingerprint density at radius 3 is 2.17 bits per heavy atom. The van der Waals surface area contributed by atoms with Crippen LogP contribution in [0.2, 0.25) is 0 Å². The molecule has 0 saturated heterocycles. The number of amides is 1. The van der Waals surface area contributed by atoms with E-state index in [0.29, 0.717) is 5.56 Å². The first-order valence-corrected chi connectivity index (χ1v) is 5.05. The van der Waals surface area contributed by atoms with E-state index in [1.807, 2.05) is 0 Å². The molecule has 0 spiro atoms. The largest absolute Gasteiger partial charge is 0.365 e. The van der Waals surface area contributed by atoms with Gasteiger partial charge in [0.05, 0.1) is 5.56 Å². The van der Waals surface area contributed by atoms with Gasteiger partial charge in [0.25, 0.3) is 5.91 Å². The second kappa shape index (κ2) is 4.52. The highest BCUT2D eigenvalue weighted by atomic mass is 19.2. The number of nitrogens with two attached hydrogens (primary N) is 1. The van der Waals surface area contributed by atoms with Gasteiger partial charge in [-0.05, 0) is 11.6 Å². The summed E-state index contributed by atoms with van der Waals surface area (Å²) in [6, 6.07) is 8.78. The van der Waals surface area contributed by atoms with E-state index in [0.717, 1.165) is 6.07 Å². The lowest BCUT2D eigenvalue weighted by Gasteiger charge is -2.09. The first-order chi connectivity index (χ1) is 8.52. The van der Waals surface area contributed by atoms with Gasteiger partial charge in [-0.1, -0.05) is 30.3 Å². The molecule has 2 aromatic rings. The van der Waals surface area contributed by atoms with Gasteiger partial charge >= 0.3 is 0 Å². The van der Waals surface area contributed by atoms with Crippen molar-refractivity contribution < 1.29 is 18.0 Å². The van der Waals surface area contributed by atoms with E-state index in [4.69, 9.17) is 5.73 Å². The van der Waals surface area contributed by atoms with Crippen molar-refractivity contribution in [2.24, 2.45) is 5.73 Å². The minimum absolute atomic E-state index is 0.0699. The first-order valence-electron chi connectivity index (χ1n) is 5.05. The molecular formula is C13H8F3NO. The molecule has 2 rings (SSSR count). The predicted molar refractivity (Wildman–Crippen MR) is 60.3 cm³/mol. The van der Waals surface area contributed by atoms with Gasteiger partial charge in [0, 0.05) is 5.56 Å². The maximum absolute atomic E-state index is 13.5. The molecule has 0 heterocycles. The number of benzene rings is 2. The molecule has 0 aliphatic rings. The quantitative estimate of drug-likeness (QED) is 0.819. The topological polar surface area (TPSA) is 43.1 Å². The average molecular weight is 251 g/mol. The summed E-state index contributed by atoms with van der Waals surface area (Å²) in [4.78, 5) is 11.2. The Bertz CT molecular complexity index is 611. The Hall–Kier alpha value is -2.30. The fraction of sp³-hybridized carbons (Fsp3) is 0. The smallest absolute Gasteiger partial charge is 0.252 e. The number of primary amides is 1. The van der Waals surface area contributed by atoms with Crippen molar-refractivity contribution in [1.82, 2.24) is 0 Å². The van der Waals surface area contributed by atoms with Crippen LogP contribution in [0, 0.1) is 17.5 Å². The Morgan fingerprint density at radius 2 is 1.61 bits per heavy atom.